The zero-order valence-corrected chi connectivity index (χ0v) is 17.1. The molecule has 1 aromatic heterocycles. The maximum atomic E-state index is 13.0. The molecule has 7 nitrogen and oxygen atoms in total. The predicted octanol–water partition coefficient (Wildman–Crippen LogP) is 0.862. The molecule has 1 fully saturated rings. The number of carbonyl (C=O) groups is 2. The number of aromatic nitrogens is 1. The second-order valence-corrected chi connectivity index (χ2v) is 7.95. The molecule has 2 aliphatic heterocycles. The third-order valence-electron chi connectivity index (χ3n) is 4.94. The quantitative estimate of drug-likeness (QED) is 0.516. The fraction of sp³-hybridized carbons (Fsp3) is 0.556. The molecule has 0 bridgehead atoms. The molecule has 0 spiro atoms. The molecule has 11 heteroatoms. The Balaban J connectivity index is 1.72. The van der Waals surface area contributed by atoms with Crippen molar-refractivity contribution in [2.75, 3.05) is 49.7 Å². The number of anilines is 2. The molecule has 0 aliphatic carbocycles. The highest BCUT2D eigenvalue weighted by Gasteiger charge is 2.43. The van der Waals surface area contributed by atoms with Crippen LogP contribution >= 0.6 is 0 Å². The number of hydrogen-bond acceptors (Lipinski definition) is 5. The molecule has 0 N–H and O–H groups in total. The summed E-state index contributed by atoms with van der Waals surface area (Å²) in [6.07, 6.45) is -3.57. The van der Waals surface area contributed by atoms with Crippen molar-refractivity contribution < 1.29 is 27.5 Å². The summed E-state index contributed by atoms with van der Waals surface area (Å²) in [5, 5.41) is 0.918. The Kier molecular flexibility index (Phi) is 6.08. The smallest absolute Gasteiger partial charge is 0.377 e. The number of rotatable bonds is 5. The summed E-state index contributed by atoms with van der Waals surface area (Å²) in [5.41, 5.74) is -0.783. The molecular weight excluding hydrogens is 405 g/mol. The van der Waals surface area contributed by atoms with Crippen molar-refractivity contribution in [3.05, 3.63) is 17.8 Å². The van der Waals surface area contributed by atoms with E-state index in [0.29, 0.717) is 25.5 Å². The lowest BCUT2D eigenvalue weighted by atomic mass is 10.0. The van der Waals surface area contributed by atoms with Gasteiger partial charge >= 0.3 is 6.18 Å². The summed E-state index contributed by atoms with van der Waals surface area (Å²) in [5.74, 6) is -0.168. The molecule has 3 rings (SSSR count). The van der Waals surface area contributed by atoms with Crippen molar-refractivity contribution in [2.24, 2.45) is 0 Å². The van der Waals surface area contributed by atoms with E-state index in [4.69, 9.17) is 4.74 Å². The van der Waals surface area contributed by atoms with Crippen LogP contribution in [0.3, 0.4) is 0 Å². The minimum Gasteiger partial charge on any atom is -0.377 e. The highest BCUT2D eigenvalue weighted by molar-refractivity contribution is 6.37. The topological polar surface area (TPSA) is 66.0 Å². The van der Waals surface area contributed by atoms with Gasteiger partial charge in [0.15, 0.2) is 5.82 Å². The van der Waals surface area contributed by atoms with Gasteiger partial charge in [-0.05, 0) is 13.0 Å². The lowest BCUT2D eigenvalue weighted by molar-refractivity contribution is -0.138. The Hall–Kier alpha value is -2.27. The Labute approximate surface area is 169 Å². The Bertz CT molecular complexity index is 833. The minimum atomic E-state index is -4.54. The van der Waals surface area contributed by atoms with Gasteiger partial charge in [0.2, 0.25) is 5.91 Å². The Morgan fingerprint density at radius 3 is 2.76 bits per heavy atom. The van der Waals surface area contributed by atoms with E-state index in [2.05, 4.69) is 14.8 Å². The summed E-state index contributed by atoms with van der Waals surface area (Å²) in [6.45, 7) is 3.37. The molecule has 0 saturated carbocycles. The van der Waals surface area contributed by atoms with E-state index in [0.717, 1.165) is 17.4 Å². The molecule has 2 radical (unpaired) electrons. The van der Waals surface area contributed by atoms with Crippen LogP contribution in [0.4, 0.5) is 24.7 Å². The van der Waals surface area contributed by atoms with Crippen molar-refractivity contribution in [3.8, 4) is 0 Å². The number of fused-ring (bicyclic) bond motifs is 3. The highest BCUT2D eigenvalue weighted by atomic mass is 28.1. The molecule has 1 saturated heterocycles. The summed E-state index contributed by atoms with van der Waals surface area (Å²) < 4.78 is 44.4. The van der Waals surface area contributed by atoms with Gasteiger partial charge in [-0.3, -0.25) is 9.59 Å². The first-order valence-electron chi connectivity index (χ1n) is 9.10. The number of likely N-dealkylation sites (N-methyl/N-ethyl adjacent to an activating group) is 1. The molecule has 2 amide bonds. The lowest BCUT2D eigenvalue weighted by Gasteiger charge is -2.46. The van der Waals surface area contributed by atoms with Gasteiger partial charge < -0.3 is 19.4 Å². The monoisotopic (exact) mass is 426 g/mol. The molecule has 156 valence electrons. The van der Waals surface area contributed by atoms with E-state index in [-0.39, 0.29) is 37.1 Å². The van der Waals surface area contributed by atoms with E-state index < -0.39 is 17.8 Å². The third-order valence-corrected chi connectivity index (χ3v) is 5.08. The van der Waals surface area contributed by atoms with E-state index in [1.54, 1.807) is 9.80 Å². The molecule has 0 unspecified atom stereocenters. The SMILES string of the molecule is CC(=[Si])COCCC(=O)N1CCN2c3ncc(C(F)(F)F)cc3N(C)C(=O)[C@H]2C1. The lowest BCUT2D eigenvalue weighted by Crippen LogP contribution is -2.63. The van der Waals surface area contributed by atoms with E-state index >= 15 is 0 Å². The maximum absolute atomic E-state index is 13.0. The van der Waals surface area contributed by atoms with Crippen LogP contribution in [0, 0.1) is 0 Å². The molecule has 1 aromatic rings. The fourth-order valence-electron chi connectivity index (χ4n) is 3.43. The summed E-state index contributed by atoms with van der Waals surface area (Å²) in [7, 11) is 4.75. The van der Waals surface area contributed by atoms with Crippen LogP contribution in [0.2, 0.25) is 0 Å². The number of alkyl halides is 3. The van der Waals surface area contributed by atoms with Gasteiger partial charge in [-0.15, -0.1) is 0 Å². The van der Waals surface area contributed by atoms with Crippen molar-refractivity contribution in [1.29, 1.82) is 0 Å². The van der Waals surface area contributed by atoms with Gasteiger partial charge in [-0.25, -0.2) is 4.98 Å². The number of pyridine rings is 1. The average molecular weight is 426 g/mol. The van der Waals surface area contributed by atoms with Gasteiger partial charge in [0.05, 0.1) is 37.4 Å². The number of ether oxygens (including phenoxy) is 1. The molecule has 2 aliphatic rings. The van der Waals surface area contributed by atoms with Crippen LogP contribution < -0.4 is 9.80 Å². The van der Waals surface area contributed by atoms with E-state index in [9.17, 15) is 22.8 Å². The first-order chi connectivity index (χ1) is 13.6. The fourth-order valence-corrected chi connectivity index (χ4v) is 3.53. The van der Waals surface area contributed by atoms with Crippen LogP contribution in [0.5, 0.6) is 0 Å². The number of piperazine rings is 1. The molecule has 1 atom stereocenters. The standard InChI is InChI=1S/C18H21F3N4O3Si/c1-11(29)10-28-6-3-15(26)24-4-5-25-14(9-24)17(27)23(2)13-7-12(18(19,20)21)8-22-16(13)25/h7-8,14H,3-6,9-10H2,1-2H3/t14-/m1/s1. The van der Waals surface area contributed by atoms with Gasteiger partial charge in [0, 0.05) is 36.2 Å². The molecule has 29 heavy (non-hydrogen) atoms. The number of carbonyl (C=O) groups excluding carboxylic acids is 2. The molecule has 0 aromatic carbocycles. The van der Waals surface area contributed by atoms with Crippen molar-refractivity contribution >= 4 is 38.3 Å². The normalized spacial score (nSPS) is 19.1. The Morgan fingerprint density at radius 1 is 1.38 bits per heavy atom. The second kappa shape index (κ2) is 8.23. The van der Waals surface area contributed by atoms with Crippen molar-refractivity contribution in [1.82, 2.24) is 9.88 Å². The van der Waals surface area contributed by atoms with Crippen LogP contribution in [0.15, 0.2) is 12.3 Å². The summed E-state index contributed by atoms with van der Waals surface area (Å²) in [6, 6.07) is 0.266. The second-order valence-electron chi connectivity index (χ2n) is 7.09. The number of halogens is 3. The third kappa shape index (κ3) is 4.50. The van der Waals surface area contributed by atoms with E-state index in [1.807, 2.05) is 6.92 Å². The number of nitrogens with zero attached hydrogens (tertiary/aromatic N) is 4. The number of hydrogen-bond donors (Lipinski definition) is 0. The van der Waals surface area contributed by atoms with Gasteiger partial charge in [0.1, 0.15) is 6.04 Å². The van der Waals surface area contributed by atoms with Crippen LogP contribution in [-0.2, 0) is 20.5 Å². The summed E-state index contributed by atoms with van der Waals surface area (Å²) >= 11 is 0. The maximum Gasteiger partial charge on any atom is 0.417 e. The molecule has 3 heterocycles. The van der Waals surface area contributed by atoms with E-state index in [1.165, 1.54) is 11.9 Å². The van der Waals surface area contributed by atoms with Crippen LogP contribution in [-0.4, -0.2) is 82.7 Å². The highest BCUT2D eigenvalue weighted by Crippen LogP contribution is 2.39. The van der Waals surface area contributed by atoms with Gasteiger partial charge in [-0.1, -0.05) is 5.17 Å². The number of amides is 2. The van der Waals surface area contributed by atoms with Crippen LogP contribution in [0.25, 0.3) is 0 Å². The van der Waals surface area contributed by atoms with Gasteiger partial charge in [0.25, 0.3) is 5.91 Å². The van der Waals surface area contributed by atoms with Crippen molar-refractivity contribution in [3.63, 3.8) is 0 Å². The minimum absolute atomic E-state index is 0.121. The largest absolute Gasteiger partial charge is 0.417 e. The average Bonchev–Trinajstić information content (AvgIpc) is 2.67. The summed E-state index contributed by atoms with van der Waals surface area (Å²) in [4.78, 5) is 33.7. The van der Waals surface area contributed by atoms with Gasteiger partial charge in [-0.2, -0.15) is 13.2 Å². The first kappa shape index (κ1) is 21.4. The zero-order chi connectivity index (χ0) is 21.3. The predicted molar refractivity (Wildman–Crippen MR) is 102 cm³/mol. The molecular formula is C18H21F3N4O3Si. The zero-order valence-electron chi connectivity index (χ0n) is 16.1. The Morgan fingerprint density at radius 2 is 2.10 bits per heavy atom. The first-order valence-corrected chi connectivity index (χ1v) is 9.60. The van der Waals surface area contributed by atoms with Crippen molar-refractivity contribution in [2.45, 2.75) is 25.6 Å². The van der Waals surface area contributed by atoms with Crippen LogP contribution in [0.1, 0.15) is 18.9 Å².